The molecular formula is C9H9Br3N2. The van der Waals surface area contributed by atoms with Crippen LogP contribution >= 0.6 is 47.8 Å². The fraction of sp³-hybridized carbons (Fsp3) is 0.222. The van der Waals surface area contributed by atoms with Crippen LogP contribution in [0.4, 0.5) is 5.69 Å². The molecule has 0 saturated heterocycles. The van der Waals surface area contributed by atoms with Crippen molar-refractivity contribution in [2.24, 2.45) is 10.7 Å². The lowest BCUT2D eigenvalue weighted by Gasteiger charge is -2.04. The molecule has 5 heteroatoms. The third kappa shape index (κ3) is 3.07. The van der Waals surface area contributed by atoms with Gasteiger partial charge in [-0.15, -0.1) is 0 Å². The Kier molecular flexibility index (Phi) is 4.60. The summed E-state index contributed by atoms with van der Waals surface area (Å²) in [6, 6.07) is 3.87. The van der Waals surface area contributed by atoms with Crippen molar-refractivity contribution in [1.82, 2.24) is 0 Å². The SMILES string of the molecule is CCC(N)=Nc1c(Br)cc(Br)cc1Br. The first kappa shape index (κ1) is 12.2. The van der Waals surface area contributed by atoms with Crippen LogP contribution in [0.15, 0.2) is 30.5 Å². The molecule has 0 unspecified atom stereocenters. The molecule has 0 aliphatic carbocycles. The zero-order chi connectivity index (χ0) is 10.7. The van der Waals surface area contributed by atoms with Crippen molar-refractivity contribution in [2.45, 2.75) is 13.3 Å². The maximum absolute atomic E-state index is 5.68. The molecule has 0 radical (unpaired) electrons. The average Bonchev–Trinajstić information content (AvgIpc) is 2.10. The van der Waals surface area contributed by atoms with E-state index in [2.05, 4.69) is 52.8 Å². The van der Waals surface area contributed by atoms with Gasteiger partial charge in [0.05, 0.1) is 11.5 Å². The molecule has 0 bridgehead atoms. The predicted molar refractivity (Wildman–Crippen MR) is 71.1 cm³/mol. The highest BCUT2D eigenvalue weighted by atomic mass is 79.9. The molecule has 0 atom stereocenters. The Morgan fingerprint density at radius 3 is 2.21 bits per heavy atom. The molecule has 0 heterocycles. The van der Waals surface area contributed by atoms with Gasteiger partial charge in [0, 0.05) is 19.8 Å². The summed E-state index contributed by atoms with van der Waals surface area (Å²) in [5, 5.41) is 0. The van der Waals surface area contributed by atoms with Crippen molar-refractivity contribution in [2.75, 3.05) is 0 Å². The fourth-order valence-electron chi connectivity index (χ4n) is 0.864. The number of nitrogens with zero attached hydrogens (tertiary/aromatic N) is 1. The van der Waals surface area contributed by atoms with E-state index in [1.807, 2.05) is 19.1 Å². The minimum absolute atomic E-state index is 0.619. The van der Waals surface area contributed by atoms with Crippen molar-refractivity contribution in [3.63, 3.8) is 0 Å². The first-order valence-corrected chi connectivity index (χ1v) is 6.40. The number of hydrogen-bond donors (Lipinski definition) is 1. The maximum Gasteiger partial charge on any atom is 0.0994 e. The van der Waals surface area contributed by atoms with Gasteiger partial charge in [-0.05, 0) is 44.0 Å². The van der Waals surface area contributed by atoms with Crippen LogP contribution in [0.2, 0.25) is 0 Å². The number of rotatable bonds is 2. The zero-order valence-corrected chi connectivity index (χ0v) is 12.3. The maximum atomic E-state index is 5.68. The van der Waals surface area contributed by atoms with E-state index in [9.17, 15) is 0 Å². The molecule has 0 spiro atoms. The molecule has 0 fully saturated rings. The molecule has 76 valence electrons. The van der Waals surface area contributed by atoms with Crippen LogP contribution in [0.5, 0.6) is 0 Å². The van der Waals surface area contributed by atoms with Crippen LogP contribution in [-0.2, 0) is 0 Å². The van der Waals surface area contributed by atoms with Crippen LogP contribution in [-0.4, -0.2) is 5.84 Å². The number of halogens is 3. The Labute approximate surface area is 108 Å². The molecule has 0 aromatic heterocycles. The van der Waals surface area contributed by atoms with Crippen LogP contribution in [0, 0.1) is 0 Å². The minimum atomic E-state index is 0.619. The van der Waals surface area contributed by atoms with E-state index in [4.69, 9.17) is 5.73 Å². The fourth-order valence-corrected chi connectivity index (χ4v) is 3.30. The summed E-state index contributed by atoms with van der Waals surface area (Å²) in [4.78, 5) is 4.30. The van der Waals surface area contributed by atoms with Gasteiger partial charge in [0.25, 0.3) is 0 Å². The van der Waals surface area contributed by atoms with Crippen molar-refractivity contribution in [1.29, 1.82) is 0 Å². The van der Waals surface area contributed by atoms with Crippen LogP contribution in [0.1, 0.15) is 13.3 Å². The van der Waals surface area contributed by atoms with Crippen molar-refractivity contribution in [3.05, 3.63) is 25.6 Å². The highest BCUT2D eigenvalue weighted by Gasteiger charge is 2.05. The highest BCUT2D eigenvalue weighted by Crippen LogP contribution is 2.36. The van der Waals surface area contributed by atoms with Crippen molar-refractivity contribution >= 4 is 59.3 Å². The Morgan fingerprint density at radius 2 is 1.79 bits per heavy atom. The lowest BCUT2D eigenvalue weighted by molar-refractivity contribution is 1.23. The van der Waals surface area contributed by atoms with E-state index in [1.165, 1.54) is 0 Å². The Balaban J connectivity index is 3.21. The number of hydrogen-bond acceptors (Lipinski definition) is 1. The molecule has 1 rings (SSSR count). The van der Waals surface area contributed by atoms with Gasteiger partial charge >= 0.3 is 0 Å². The van der Waals surface area contributed by atoms with Gasteiger partial charge in [-0.2, -0.15) is 0 Å². The standard InChI is InChI=1S/C9H9Br3N2/c1-2-8(13)14-9-6(11)3-5(10)4-7(9)12/h3-4H,2H2,1H3,(H2,13,14). The first-order valence-electron chi connectivity index (χ1n) is 4.02. The van der Waals surface area contributed by atoms with Crippen LogP contribution in [0.3, 0.4) is 0 Å². The highest BCUT2D eigenvalue weighted by molar-refractivity contribution is 9.11. The predicted octanol–water partition coefficient (Wildman–Crippen LogP) is 4.37. The lowest BCUT2D eigenvalue weighted by atomic mass is 10.3. The monoisotopic (exact) mass is 382 g/mol. The van der Waals surface area contributed by atoms with E-state index in [-0.39, 0.29) is 0 Å². The molecule has 0 saturated carbocycles. The summed E-state index contributed by atoms with van der Waals surface area (Å²) in [6.45, 7) is 1.97. The second-order valence-electron chi connectivity index (χ2n) is 2.67. The summed E-state index contributed by atoms with van der Waals surface area (Å²) < 4.78 is 2.82. The quantitative estimate of drug-likeness (QED) is 0.596. The van der Waals surface area contributed by atoms with Gasteiger partial charge in [0.2, 0.25) is 0 Å². The molecular weight excluding hydrogens is 376 g/mol. The summed E-state index contributed by atoms with van der Waals surface area (Å²) in [7, 11) is 0. The van der Waals surface area contributed by atoms with Crippen molar-refractivity contribution in [3.8, 4) is 0 Å². The molecule has 14 heavy (non-hydrogen) atoms. The third-order valence-corrected chi connectivity index (χ3v) is 3.27. The van der Waals surface area contributed by atoms with E-state index < -0.39 is 0 Å². The lowest BCUT2D eigenvalue weighted by Crippen LogP contribution is -2.08. The molecule has 1 aromatic carbocycles. The Bertz CT molecular complexity index is 351. The molecule has 0 aliphatic heterocycles. The van der Waals surface area contributed by atoms with E-state index in [0.717, 1.165) is 25.5 Å². The molecule has 2 N–H and O–H groups in total. The number of nitrogens with two attached hydrogens (primary N) is 1. The molecule has 0 aliphatic rings. The Morgan fingerprint density at radius 1 is 1.29 bits per heavy atom. The first-order chi connectivity index (χ1) is 6.54. The van der Waals surface area contributed by atoms with E-state index in [1.54, 1.807) is 0 Å². The summed E-state index contributed by atoms with van der Waals surface area (Å²) in [5.41, 5.74) is 6.50. The topological polar surface area (TPSA) is 38.4 Å². The second kappa shape index (κ2) is 5.28. The van der Waals surface area contributed by atoms with Crippen LogP contribution in [0.25, 0.3) is 0 Å². The van der Waals surface area contributed by atoms with Gasteiger partial charge in [-0.1, -0.05) is 22.9 Å². The van der Waals surface area contributed by atoms with Gasteiger partial charge in [-0.3, -0.25) is 0 Å². The molecule has 2 nitrogen and oxygen atoms in total. The van der Waals surface area contributed by atoms with Gasteiger partial charge in [0.1, 0.15) is 0 Å². The number of aliphatic imine (C=N–C) groups is 1. The van der Waals surface area contributed by atoms with Crippen molar-refractivity contribution < 1.29 is 0 Å². The number of benzene rings is 1. The summed E-state index contributed by atoms with van der Waals surface area (Å²) in [6.07, 6.45) is 0.745. The van der Waals surface area contributed by atoms with Gasteiger partial charge in [0.15, 0.2) is 0 Å². The molecule has 1 aromatic rings. The van der Waals surface area contributed by atoms with Crippen LogP contribution < -0.4 is 5.73 Å². The largest absolute Gasteiger partial charge is 0.387 e. The summed E-state index contributed by atoms with van der Waals surface area (Å²) >= 11 is 10.3. The van der Waals surface area contributed by atoms with Gasteiger partial charge < -0.3 is 5.73 Å². The second-order valence-corrected chi connectivity index (χ2v) is 5.30. The van der Waals surface area contributed by atoms with E-state index >= 15 is 0 Å². The van der Waals surface area contributed by atoms with E-state index in [0.29, 0.717) is 5.84 Å². The smallest absolute Gasteiger partial charge is 0.0994 e. The average molecular weight is 385 g/mol. The summed E-state index contributed by atoms with van der Waals surface area (Å²) in [5.74, 6) is 0.619. The minimum Gasteiger partial charge on any atom is -0.387 e. The number of amidine groups is 1. The normalized spacial score (nSPS) is 11.9. The van der Waals surface area contributed by atoms with Gasteiger partial charge in [-0.25, -0.2) is 4.99 Å². The molecule has 0 amide bonds. The zero-order valence-electron chi connectivity index (χ0n) is 7.52. The third-order valence-electron chi connectivity index (χ3n) is 1.60. The Hall–Kier alpha value is 0.130.